The Morgan fingerprint density at radius 1 is 0.690 bits per heavy atom. The van der Waals surface area contributed by atoms with Gasteiger partial charge < -0.3 is 20.3 Å². The van der Waals surface area contributed by atoms with Crippen LogP contribution in [0, 0.1) is 0 Å². The fourth-order valence-corrected chi connectivity index (χ4v) is 4.90. The van der Waals surface area contributed by atoms with E-state index in [-0.39, 0.29) is 25.1 Å². The first kappa shape index (κ1) is 28.9. The van der Waals surface area contributed by atoms with Gasteiger partial charge in [-0.25, -0.2) is 14.0 Å². The van der Waals surface area contributed by atoms with Crippen molar-refractivity contribution in [3.63, 3.8) is 0 Å². The molecule has 4 aromatic rings. The number of aromatic nitrogens is 2. The van der Waals surface area contributed by atoms with E-state index in [1.54, 1.807) is 79.1 Å². The van der Waals surface area contributed by atoms with E-state index in [0.717, 1.165) is 17.9 Å². The number of pyridine rings is 2. The average Bonchev–Trinajstić information content (AvgIpc) is 3.25. The third-order valence-electron chi connectivity index (χ3n) is 6.73. The van der Waals surface area contributed by atoms with Gasteiger partial charge in [-0.3, -0.25) is 9.59 Å². The minimum Gasteiger partial charge on any atom is -0.771 e. The normalized spacial score (nSPS) is 12.3. The summed E-state index contributed by atoms with van der Waals surface area (Å²) in [6.45, 7) is 1.10. The van der Waals surface area contributed by atoms with Gasteiger partial charge in [0.15, 0.2) is 44.6 Å². The minimum atomic E-state index is -0.455. The monoisotopic (exact) mass is 601 g/mol. The first-order chi connectivity index (χ1) is 20.3. The van der Waals surface area contributed by atoms with Gasteiger partial charge in [0.25, 0.3) is 11.8 Å². The molecule has 9 nitrogen and oxygen atoms in total. The Morgan fingerprint density at radius 2 is 1.17 bits per heavy atom. The molecule has 1 aliphatic rings. The van der Waals surface area contributed by atoms with Gasteiger partial charge in [0.1, 0.15) is 6.61 Å². The van der Waals surface area contributed by atoms with E-state index in [4.69, 9.17) is 32.7 Å². The molecule has 3 heterocycles. The first-order valence-corrected chi connectivity index (χ1v) is 13.8. The molecular formula is C31H25Cl2N5O4. The first-order valence-electron chi connectivity index (χ1n) is 13.1. The Kier molecular flexibility index (Phi) is 8.90. The highest BCUT2D eigenvalue weighted by Crippen LogP contribution is 2.25. The number of imide groups is 1. The molecular weight excluding hydrogens is 577 g/mol. The molecule has 2 aromatic heterocycles. The smallest absolute Gasteiger partial charge is 0.264 e. The fourth-order valence-electron chi connectivity index (χ4n) is 4.39. The summed E-state index contributed by atoms with van der Waals surface area (Å²) in [5, 5.41) is 21.6. The molecule has 0 aliphatic carbocycles. The number of halogens is 2. The van der Waals surface area contributed by atoms with E-state index in [1.165, 1.54) is 0 Å². The summed E-state index contributed by atoms with van der Waals surface area (Å²) in [5.41, 5.74) is 2.19. The molecule has 1 aliphatic heterocycles. The number of hydrogen-bond acceptors (Lipinski definition) is 4. The highest BCUT2D eigenvalue weighted by atomic mass is 35.5. The Labute approximate surface area is 252 Å². The van der Waals surface area contributed by atoms with Gasteiger partial charge in [0.2, 0.25) is 0 Å². The van der Waals surface area contributed by atoms with E-state index in [1.807, 2.05) is 21.5 Å². The van der Waals surface area contributed by atoms with Crippen molar-refractivity contribution in [3.05, 3.63) is 140 Å². The van der Waals surface area contributed by atoms with Gasteiger partial charge in [-0.1, -0.05) is 41.4 Å². The Hall–Kier alpha value is -4.60. The number of carbonyl (C=O) groups is 2. The third-order valence-corrected chi connectivity index (χ3v) is 7.44. The van der Waals surface area contributed by atoms with Gasteiger partial charge in [-0.15, -0.1) is 0 Å². The molecule has 11 heteroatoms. The lowest BCUT2D eigenvalue weighted by Gasteiger charge is -2.19. The number of carbonyl (C=O) groups excluding carboxylic acids is 2. The summed E-state index contributed by atoms with van der Waals surface area (Å²) >= 11 is 12.3. The molecule has 0 unspecified atom stereocenters. The molecule has 0 fully saturated rings. The zero-order valence-electron chi connectivity index (χ0n) is 22.3. The molecule has 0 atom stereocenters. The molecule has 0 radical (unpaired) electrons. The van der Waals surface area contributed by atoms with Crippen LogP contribution in [0.2, 0.25) is 10.0 Å². The highest BCUT2D eigenvalue weighted by Gasteiger charge is 2.35. The summed E-state index contributed by atoms with van der Waals surface area (Å²) < 4.78 is 14.8. The lowest BCUT2D eigenvalue weighted by atomic mass is 10.1. The van der Waals surface area contributed by atoms with E-state index in [9.17, 15) is 20.4 Å². The maximum absolute atomic E-state index is 12.4. The van der Waals surface area contributed by atoms with Crippen molar-refractivity contribution in [2.75, 3.05) is 6.73 Å². The number of benzene rings is 2. The largest absolute Gasteiger partial charge is 0.771 e. The lowest BCUT2D eigenvalue weighted by Crippen LogP contribution is -2.38. The van der Waals surface area contributed by atoms with Gasteiger partial charge in [0.05, 0.1) is 17.5 Å². The van der Waals surface area contributed by atoms with Crippen molar-refractivity contribution in [1.82, 2.24) is 4.90 Å². The molecule has 2 amide bonds. The maximum Gasteiger partial charge on any atom is 0.264 e. The fraction of sp³-hybridized carbons (Fsp3) is 0.161. The van der Waals surface area contributed by atoms with Crippen LogP contribution in [-0.2, 0) is 29.2 Å². The number of fused-ring (bicyclic) bond motifs is 1. The van der Waals surface area contributed by atoms with E-state index >= 15 is 0 Å². The van der Waals surface area contributed by atoms with Crippen molar-refractivity contribution in [2.45, 2.75) is 26.1 Å². The molecule has 2 aromatic carbocycles. The zero-order valence-corrected chi connectivity index (χ0v) is 23.8. The molecule has 0 bridgehead atoms. The molecule has 5 rings (SSSR count). The molecule has 42 heavy (non-hydrogen) atoms. The number of ether oxygens (including phenoxy) is 2. The highest BCUT2D eigenvalue weighted by molar-refractivity contribution is 6.36. The van der Waals surface area contributed by atoms with Gasteiger partial charge in [-0.2, -0.15) is 0 Å². The summed E-state index contributed by atoms with van der Waals surface area (Å²) in [7, 11) is 0. The van der Waals surface area contributed by atoms with Crippen molar-refractivity contribution in [3.8, 4) is 0 Å². The summed E-state index contributed by atoms with van der Waals surface area (Å²) in [6, 6.07) is 18.6. The van der Waals surface area contributed by atoms with Crippen LogP contribution in [0.15, 0.2) is 91.5 Å². The molecule has 0 N–H and O–H groups in total. The summed E-state index contributed by atoms with van der Waals surface area (Å²) in [5.74, 6) is -1.51. The lowest BCUT2D eigenvalue weighted by molar-refractivity contribution is -0.726. The molecule has 0 spiro atoms. The maximum atomic E-state index is 12.4. The third kappa shape index (κ3) is 6.48. The second kappa shape index (κ2) is 12.9. The van der Waals surface area contributed by atoms with Crippen LogP contribution in [0.3, 0.4) is 0 Å². The van der Waals surface area contributed by atoms with Gasteiger partial charge in [-0.05, 0) is 24.3 Å². The second-order valence-electron chi connectivity index (χ2n) is 9.46. The summed E-state index contributed by atoms with van der Waals surface area (Å²) in [6.07, 6.45) is 8.13. The Bertz CT molecular complexity index is 1600. The molecule has 0 saturated heterocycles. The average molecular weight is 602 g/mol. The number of amides is 2. The number of rotatable bonds is 10. The molecule has 0 saturated carbocycles. The Morgan fingerprint density at radius 3 is 1.67 bits per heavy atom. The SMILES string of the molecule is [N-]=C(OCc1c(Cl)cccc1Cl)c1cc[n+](CCC[n+]2ccc(C(=[N-])OCN3C(=O)c4ccccc4C3=O)cc2)cc1. The predicted molar refractivity (Wildman–Crippen MR) is 157 cm³/mol. The predicted octanol–water partition coefficient (Wildman–Crippen LogP) is 4.78. The van der Waals surface area contributed by atoms with Crippen molar-refractivity contribution < 1.29 is 28.2 Å². The van der Waals surface area contributed by atoms with Crippen LogP contribution in [0.1, 0.15) is 43.8 Å². The quantitative estimate of drug-likeness (QED) is 0.113. The number of aryl methyl sites for hydroxylation is 2. The van der Waals surface area contributed by atoms with E-state index in [2.05, 4.69) is 0 Å². The van der Waals surface area contributed by atoms with Crippen LogP contribution in [-0.4, -0.2) is 35.2 Å². The van der Waals surface area contributed by atoms with Crippen LogP contribution in [0.5, 0.6) is 0 Å². The van der Waals surface area contributed by atoms with Crippen molar-refractivity contribution >= 4 is 46.8 Å². The topological polar surface area (TPSA) is 108 Å². The zero-order chi connectivity index (χ0) is 29.6. The van der Waals surface area contributed by atoms with Crippen LogP contribution in [0.4, 0.5) is 0 Å². The number of nitrogens with zero attached hydrogens (tertiary/aromatic N) is 5. The van der Waals surface area contributed by atoms with Crippen LogP contribution >= 0.6 is 23.2 Å². The summed E-state index contributed by atoms with van der Waals surface area (Å²) in [4.78, 5) is 25.9. The minimum absolute atomic E-state index is 0.0451. The number of hydrogen-bond donors (Lipinski definition) is 0. The van der Waals surface area contributed by atoms with E-state index < -0.39 is 11.8 Å². The molecule has 212 valence electrons. The van der Waals surface area contributed by atoms with Crippen molar-refractivity contribution in [1.29, 1.82) is 0 Å². The standard InChI is InChI=1S/C31H25Cl2N5O4/c32-26-7-3-8-27(33)25(26)19-41-28(34)21-9-15-36(16-10-21)13-4-14-37-17-11-22(12-18-37)29(35)42-20-38-30(39)23-5-1-2-6-24(23)31(38)40/h1-3,5-12,15-18H,4,13-14,19-20H2. The Balaban J connectivity index is 1.06. The van der Waals surface area contributed by atoms with Gasteiger partial charge >= 0.3 is 0 Å². The van der Waals surface area contributed by atoms with Gasteiger partial charge in [0, 0.05) is 62.8 Å². The van der Waals surface area contributed by atoms with E-state index in [0.29, 0.717) is 44.4 Å². The van der Waals surface area contributed by atoms with Crippen LogP contribution < -0.4 is 9.13 Å². The second-order valence-corrected chi connectivity index (χ2v) is 10.3. The van der Waals surface area contributed by atoms with Crippen molar-refractivity contribution in [2.24, 2.45) is 0 Å². The van der Waals surface area contributed by atoms with Crippen LogP contribution in [0.25, 0.3) is 10.8 Å².